The van der Waals surface area contributed by atoms with Gasteiger partial charge in [-0.3, -0.25) is 0 Å². The lowest BCUT2D eigenvalue weighted by atomic mass is 9.91. The number of hydrogen-bond acceptors (Lipinski definition) is 3. The van der Waals surface area contributed by atoms with Crippen molar-refractivity contribution in [3.63, 3.8) is 0 Å². The maximum atomic E-state index is 5.45. The third kappa shape index (κ3) is 2.78. The first-order valence-electron chi connectivity index (χ1n) is 6.19. The molecule has 1 aliphatic heterocycles. The van der Waals surface area contributed by atoms with Crippen LogP contribution in [0.2, 0.25) is 0 Å². The highest BCUT2D eigenvalue weighted by Gasteiger charge is 2.19. The van der Waals surface area contributed by atoms with Crippen molar-refractivity contribution < 1.29 is 4.74 Å². The summed E-state index contributed by atoms with van der Waals surface area (Å²) < 4.78 is 5.45. The van der Waals surface area contributed by atoms with Crippen LogP contribution in [0, 0.1) is 6.92 Å². The molecule has 0 aliphatic carbocycles. The Bertz CT molecular complexity index is 386. The van der Waals surface area contributed by atoms with Crippen molar-refractivity contribution in [1.29, 1.82) is 0 Å². The molecule has 1 unspecified atom stereocenters. The zero-order valence-corrected chi connectivity index (χ0v) is 11.7. The molecule has 1 aromatic rings. The first kappa shape index (κ1) is 12.8. The summed E-state index contributed by atoms with van der Waals surface area (Å²) >= 11 is 1.84. The Morgan fingerprint density at radius 1 is 1.41 bits per heavy atom. The maximum absolute atomic E-state index is 5.45. The molecule has 0 amide bonds. The van der Waals surface area contributed by atoms with E-state index in [9.17, 15) is 0 Å². The number of hydrogen-bond donors (Lipinski definition) is 1. The molecule has 3 heteroatoms. The van der Waals surface area contributed by atoms with Crippen LogP contribution in [0.5, 0.6) is 5.75 Å². The van der Waals surface area contributed by atoms with Crippen molar-refractivity contribution in [1.82, 2.24) is 5.32 Å². The van der Waals surface area contributed by atoms with Crippen LogP contribution < -0.4 is 10.1 Å². The molecule has 2 rings (SSSR count). The standard InChI is InChI=1S/C14H21NOS/c1-10-7-14(17-3)12(8-13(10)16-2)11-5-4-6-15-9-11/h7-8,11,15H,4-6,9H2,1-3H3. The fourth-order valence-corrected chi connectivity index (χ4v) is 3.27. The molecule has 17 heavy (non-hydrogen) atoms. The fraction of sp³-hybridized carbons (Fsp3) is 0.571. The lowest BCUT2D eigenvalue weighted by Crippen LogP contribution is -2.28. The molecule has 2 nitrogen and oxygen atoms in total. The molecule has 1 fully saturated rings. The van der Waals surface area contributed by atoms with E-state index in [-0.39, 0.29) is 0 Å². The Morgan fingerprint density at radius 2 is 2.24 bits per heavy atom. The van der Waals surface area contributed by atoms with Crippen LogP contribution in [0.4, 0.5) is 0 Å². The molecule has 1 saturated heterocycles. The van der Waals surface area contributed by atoms with Gasteiger partial charge in [0.05, 0.1) is 7.11 Å². The second kappa shape index (κ2) is 5.78. The predicted octanol–water partition coefficient (Wildman–Crippen LogP) is 3.19. The van der Waals surface area contributed by atoms with Crippen molar-refractivity contribution in [2.75, 3.05) is 26.5 Å². The summed E-state index contributed by atoms with van der Waals surface area (Å²) in [7, 11) is 1.75. The van der Waals surface area contributed by atoms with Gasteiger partial charge >= 0.3 is 0 Å². The van der Waals surface area contributed by atoms with E-state index in [1.165, 1.54) is 28.9 Å². The topological polar surface area (TPSA) is 21.3 Å². The number of aryl methyl sites for hydroxylation is 1. The van der Waals surface area contributed by atoms with Gasteiger partial charge in [-0.25, -0.2) is 0 Å². The molecular formula is C14H21NOS. The second-order valence-electron chi connectivity index (χ2n) is 4.61. The molecular weight excluding hydrogens is 230 g/mol. The molecule has 0 spiro atoms. The van der Waals surface area contributed by atoms with Gasteiger partial charge in [0.15, 0.2) is 0 Å². The van der Waals surface area contributed by atoms with Gasteiger partial charge in [0.2, 0.25) is 0 Å². The smallest absolute Gasteiger partial charge is 0.122 e. The lowest BCUT2D eigenvalue weighted by molar-refractivity contribution is 0.407. The number of nitrogens with one attached hydrogen (secondary N) is 1. The molecule has 1 aliphatic rings. The van der Waals surface area contributed by atoms with Gasteiger partial charge in [-0.2, -0.15) is 0 Å². The highest BCUT2D eigenvalue weighted by atomic mass is 32.2. The zero-order valence-electron chi connectivity index (χ0n) is 10.9. The van der Waals surface area contributed by atoms with Crippen LogP contribution in [0.3, 0.4) is 0 Å². The highest BCUT2D eigenvalue weighted by Crippen LogP contribution is 2.35. The molecule has 0 bridgehead atoms. The van der Waals surface area contributed by atoms with Crippen LogP contribution >= 0.6 is 11.8 Å². The first-order valence-corrected chi connectivity index (χ1v) is 7.42. The fourth-order valence-electron chi connectivity index (χ4n) is 2.51. The largest absolute Gasteiger partial charge is 0.496 e. The normalized spacial score (nSPS) is 20.3. The molecule has 0 radical (unpaired) electrons. The van der Waals surface area contributed by atoms with Gasteiger partial charge in [-0.05, 0) is 61.7 Å². The van der Waals surface area contributed by atoms with Crippen molar-refractivity contribution in [2.24, 2.45) is 0 Å². The number of piperidine rings is 1. The monoisotopic (exact) mass is 251 g/mol. The SMILES string of the molecule is COc1cc(C2CCCNC2)c(SC)cc1C. The molecule has 0 saturated carbocycles. The summed E-state index contributed by atoms with van der Waals surface area (Å²) in [5.74, 6) is 1.66. The van der Waals surface area contributed by atoms with Gasteiger partial charge in [0, 0.05) is 11.4 Å². The Hall–Kier alpha value is -0.670. The van der Waals surface area contributed by atoms with E-state index in [2.05, 4.69) is 30.6 Å². The van der Waals surface area contributed by atoms with Crippen molar-refractivity contribution in [3.8, 4) is 5.75 Å². The van der Waals surface area contributed by atoms with E-state index >= 15 is 0 Å². The van der Waals surface area contributed by atoms with Gasteiger partial charge in [-0.1, -0.05) is 0 Å². The molecule has 1 aromatic carbocycles. The minimum Gasteiger partial charge on any atom is -0.496 e. The number of methoxy groups -OCH3 is 1. The Labute approximate surface area is 108 Å². The van der Waals surface area contributed by atoms with Crippen LogP contribution in [-0.4, -0.2) is 26.5 Å². The predicted molar refractivity (Wildman–Crippen MR) is 74.4 cm³/mol. The molecule has 1 atom stereocenters. The van der Waals surface area contributed by atoms with Crippen LogP contribution in [-0.2, 0) is 0 Å². The highest BCUT2D eigenvalue weighted by molar-refractivity contribution is 7.98. The van der Waals surface area contributed by atoms with Gasteiger partial charge in [0.25, 0.3) is 0 Å². The van der Waals surface area contributed by atoms with E-state index in [0.29, 0.717) is 5.92 Å². The molecule has 94 valence electrons. The molecule has 1 N–H and O–H groups in total. The summed E-state index contributed by atoms with van der Waals surface area (Å²) in [6.45, 7) is 4.37. The van der Waals surface area contributed by atoms with E-state index in [4.69, 9.17) is 4.74 Å². The number of benzene rings is 1. The van der Waals surface area contributed by atoms with Crippen LogP contribution in [0.15, 0.2) is 17.0 Å². The maximum Gasteiger partial charge on any atom is 0.122 e. The number of rotatable bonds is 3. The lowest BCUT2D eigenvalue weighted by Gasteiger charge is -2.25. The summed E-state index contributed by atoms with van der Waals surface area (Å²) in [6.07, 6.45) is 4.71. The average molecular weight is 251 g/mol. The molecule has 0 aromatic heterocycles. The van der Waals surface area contributed by atoms with Crippen molar-refractivity contribution in [3.05, 3.63) is 23.3 Å². The van der Waals surface area contributed by atoms with Gasteiger partial charge < -0.3 is 10.1 Å². The minimum atomic E-state index is 0.640. The number of ether oxygens (including phenoxy) is 1. The molecule has 1 heterocycles. The van der Waals surface area contributed by atoms with E-state index in [1.807, 2.05) is 11.8 Å². The zero-order chi connectivity index (χ0) is 12.3. The second-order valence-corrected chi connectivity index (χ2v) is 5.46. The third-order valence-corrected chi connectivity index (χ3v) is 4.28. The van der Waals surface area contributed by atoms with Crippen molar-refractivity contribution in [2.45, 2.75) is 30.6 Å². The minimum absolute atomic E-state index is 0.640. The van der Waals surface area contributed by atoms with E-state index < -0.39 is 0 Å². The van der Waals surface area contributed by atoms with Crippen LogP contribution in [0.25, 0.3) is 0 Å². The summed E-state index contributed by atoms with van der Waals surface area (Å²) in [5.41, 5.74) is 2.68. The third-order valence-electron chi connectivity index (χ3n) is 3.48. The Morgan fingerprint density at radius 3 is 2.82 bits per heavy atom. The Balaban J connectivity index is 2.35. The van der Waals surface area contributed by atoms with Gasteiger partial charge in [-0.15, -0.1) is 11.8 Å². The summed E-state index contributed by atoms with van der Waals surface area (Å²) in [5, 5.41) is 3.49. The number of thioether (sulfide) groups is 1. The first-order chi connectivity index (χ1) is 8.26. The van der Waals surface area contributed by atoms with E-state index in [0.717, 1.165) is 18.8 Å². The van der Waals surface area contributed by atoms with Crippen molar-refractivity contribution >= 4 is 11.8 Å². The quantitative estimate of drug-likeness (QED) is 0.834. The summed E-state index contributed by atoms with van der Waals surface area (Å²) in [6, 6.07) is 4.49. The van der Waals surface area contributed by atoms with E-state index in [1.54, 1.807) is 7.11 Å². The average Bonchev–Trinajstić information content (AvgIpc) is 2.39. The van der Waals surface area contributed by atoms with Crippen LogP contribution in [0.1, 0.15) is 29.9 Å². The Kier molecular flexibility index (Phi) is 4.35. The summed E-state index contributed by atoms with van der Waals surface area (Å²) in [4.78, 5) is 1.40. The van der Waals surface area contributed by atoms with Gasteiger partial charge in [0.1, 0.15) is 5.75 Å².